The molecule has 0 aromatic heterocycles. The average molecular weight is 437 g/mol. The van der Waals surface area contributed by atoms with Crippen molar-refractivity contribution in [2.24, 2.45) is 5.92 Å². The number of carbonyl (C=O) groups excluding carboxylic acids is 5. The lowest BCUT2D eigenvalue weighted by Gasteiger charge is -2.18. The summed E-state index contributed by atoms with van der Waals surface area (Å²) in [6.45, 7) is 2.61. The molecule has 0 aliphatic carbocycles. The number of benzene rings is 2. The molecule has 0 bridgehead atoms. The van der Waals surface area contributed by atoms with Crippen molar-refractivity contribution in [3.63, 3.8) is 0 Å². The molecule has 3 rings (SSSR count). The molecular weight excluding hydrogens is 414 g/mol. The van der Waals surface area contributed by atoms with Gasteiger partial charge in [0, 0.05) is 23.2 Å². The van der Waals surface area contributed by atoms with Crippen molar-refractivity contribution in [1.82, 2.24) is 10.4 Å². The monoisotopic (exact) mass is 437 g/mol. The average Bonchev–Trinajstić information content (AvgIpc) is 3.12. The summed E-state index contributed by atoms with van der Waals surface area (Å²) in [5.74, 6) is -3.09. The zero-order valence-corrected chi connectivity index (χ0v) is 17.7. The summed E-state index contributed by atoms with van der Waals surface area (Å²) in [4.78, 5) is 60.4. The first kappa shape index (κ1) is 22.7. The first-order valence-corrected chi connectivity index (χ1v) is 9.99. The van der Waals surface area contributed by atoms with Gasteiger partial charge < -0.3 is 10.1 Å². The Bertz CT molecular complexity index is 1080. The highest BCUT2D eigenvalue weighted by Crippen LogP contribution is 2.18. The van der Waals surface area contributed by atoms with Gasteiger partial charge in [0.1, 0.15) is 0 Å². The quantitative estimate of drug-likeness (QED) is 0.504. The summed E-state index contributed by atoms with van der Waals surface area (Å²) in [5.41, 5.74) is 4.54. The fraction of sp³-hybridized carbons (Fsp3) is 0.261. The summed E-state index contributed by atoms with van der Waals surface area (Å²) in [5, 5.41) is 3.64. The number of hydrogen-bond acceptors (Lipinski definition) is 6. The Labute approximate surface area is 184 Å². The molecule has 32 heavy (non-hydrogen) atoms. The van der Waals surface area contributed by atoms with Crippen molar-refractivity contribution in [2.45, 2.75) is 20.3 Å². The topological polar surface area (TPSA) is 122 Å². The minimum atomic E-state index is -0.798. The van der Waals surface area contributed by atoms with Gasteiger partial charge in [-0.3, -0.25) is 34.4 Å². The Hall–Kier alpha value is -4.01. The maximum atomic E-state index is 12.4. The normalized spacial score (nSPS) is 15.2. The third-order valence-electron chi connectivity index (χ3n) is 4.98. The van der Waals surface area contributed by atoms with Crippen LogP contribution in [0.25, 0.3) is 0 Å². The number of hydrazine groups is 1. The van der Waals surface area contributed by atoms with Crippen LogP contribution in [0.4, 0.5) is 5.69 Å². The summed E-state index contributed by atoms with van der Waals surface area (Å²) in [6, 6.07) is 13.3. The van der Waals surface area contributed by atoms with E-state index in [4.69, 9.17) is 4.74 Å². The van der Waals surface area contributed by atoms with Crippen molar-refractivity contribution < 1.29 is 28.7 Å². The standard InChI is InChI=1S/C23H23N3O6/c1-14-6-3-4-9-19(14)22(30)25-26-12-17(11-21(26)29)23(31)32-13-20(28)24-18-8-5-7-16(10-18)15(2)27/h3-10,17H,11-13H2,1-2H3,(H,24,28)(H,25,30)/t17-/m0/s1. The zero-order valence-electron chi connectivity index (χ0n) is 17.7. The van der Waals surface area contributed by atoms with Crippen LogP contribution < -0.4 is 10.7 Å². The number of hydrogen-bond donors (Lipinski definition) is 2. The molecule has 1 saturated heterocycles. The van der Waals surface area contributed by atoms with Gasteiger partial charge in [0.05, 0.1) is 12.5 Å². The first-order valence-electron chi connectivity index (χ1n) is 9.99. The highest BCUT2D eigenvalue weighted by atomic mass is 16.5. The number of nitrogens with one attached hydrogen (secondary N) is 2. The Kier molecular flexibility index (Phi) is 6.99. The van der Waals surface area contributed by atoms with Gasteiger partial charge in [-0.1, -0.05) is 30.3 Å². The highest BCUT2D eigenvalue weighted by Gasteiger charge is 2.36. The highest BCUT2D eigenvalue weighted by molar-refractivity contribution is 5.99. The SMILES string of the molecule is CC(=O)c1cccc(NC(=O)COC(=O)[C@H]2CC(=O)N(NC(=O)c3ccccc3C)C2)c1. The third kappa shape index (κ3) is 5.57. The van der Waals surface area contributed by atoms with Gasteiger partial charge in [0.25, 0.3) is 11.8 Å². The van der Waals surface area contributed by atoms with Crippen molar-refractivity contribution >= 4 is 35.2 Å². The van der Waals surface area contributed by atoms with Crippen LogP contribution in [0.2, 0.25) is 0 Å². The number of esters is 1. The van der Waals surface area contributed by atoms with E-state index in [1.54, 1.807) is 49.4 Å². The number of ether oxygens (including phenoxy) is 1. The second kappa shape index (κ2) is 9.86. The third-order valence-corrected chi connectivity index (χ3v) is 4.98. The van der Waals surface area contributed by atoms with Crippen molar-refractivity contribution in [1.29, 1.82) is 0 Å². The number of aryl methyl sites for hydroxylation is 1. The van der Waals surface area contributed by atoms with E-state index in [0.717, 1.165) is 10.6 Å². The van der Waals surface area contributed by atoms with Gasteiger partial charge in [-0.25, -0.2) is 0 Å². The lowest BCUT2D eigenvalue weighted by atomic mass is 10.1. The van der Waals surface area contributed by atoms with Crippen molar-refractivity contribution in [3.05, 3.63) is 65.2 Å². The van der Waals surface area contributed by atoms with Gasteiger partial charge in [-0.15, -0.1) is 0 Å². The number of rotatable bonds is 7. The maximum Gasteiger partial charge on any atom is 0.311 e. The van der Waals surface area contributed by atoms with Crippen LogP contribution in [-0.4, -0.2) is 47.6 Å². The zero-order chi connectivity index (χ0) is 23.3. The maximum absolute atomic E-state index is 12.4. The predicted molar refractivity (Wildman–Crippen MR) is 115 cm³/mol. The Morgan fingerprint density at radius 3 is 2.56 bits per heavy atom. The van der Waals surface area contributed by atoms with Crippen LogP contribution in [-0.2, 0) is 19.1 Å². The molecule has 0 radical (unpaired) electrons. The number of ketones is 1. The van der Waals surface area contributed by atoms with Gasteiger partial charge >= 0.3 is 5.97 Å². The van der Waals surface area contributed by atoms with Gasteiger partial charge in [0.2, 0.25) is 5.91 Å². The van der Waals surface area contributed by atoms with E-state index in [1.807, 2.05) is 0 Å². The predicted octanol–water partition coefficient (Wildman–Crippen LogP) is 1.87. The number of amides is 3. The van der Waals surface area contributed by atoms with E-state index in [9.17, 15) is 24.0 Å². The smallest absolute Gasteiger partial charge is 0.311 e. The van der Waals surface area contributed by atoms with E-state index in [-0.39, 0.29) is 18.7 Å². The largest absolute Gasteiger partial charge is 0.455 e. The van der Waals surface area contributed by atoms with Crippen LogP contribution >= 0.6 is 0 Å². The molecule has 3 amide bonds. The lowest BCUT2D eigenvalue weighted by molar-refractivity contribution is -0.151. The number of Topliss-reactive ketones (excluding diaryl/α,β-unsaturated/α-hetero) is 1. The molecule has 0 unspecified atom stereocenters. The van der Waals surface area contributed by atoms with Gasteiger partial charge in [-0.05, 0) is 37.6 Å². The van der Waals surface area contributed by atoms with Crippen LogP contribution in [0.1, 0.15) is 39.6 Å². The minimum absolute atomic E-state index is 0.0441. The van der Waals surface area contributed by atoms with E-state index < -0.39 is 36.2 Å². The van der Waals surface area contributed by atoms with Crippen molar-refractivity contribution in [3.8, 4) is 0 Å². The summed E-state index contributed by atoms with van der Waals surface area (Å²) < 4.78 is 5.03. The molecule has 2 aromatic rings. The van der Waals surface area contributed by atoms with E-state index in [2.05, 4.69) is 10.7 Å². The van der Waals surface area contributed by atoms with Crippen LogP contribution in [0, 0.1) is 12.8 Å². The van der Waals surface area contributed by atoms with Crippen LogP contribution in [0.3, 0.4) is 0 Å². The molecule has 2 aromatic carbocycles. The van der Waals surface area contributed by atoms with E-state index in [0.29, 0.717) is 16.8 Å². The fourth-order valence-corrected chi connectivity index (χ4v) is 3.25. The summed E-state index contributed by atoms with van der Waals surface area (Å²) in [6.07, 6.45) is -0.130. The molecule has 166 valence electrons. The molecule has 1 aliphatic heterocycles. The minimum Gasteiger partial charge on any atom is -0.455 e. The Balaban J connectivity index is 1.49. The van der Waals surface area contributed by atoms with Gasteiger partial charge in [0.15, 0.2) is 12.4 Å². The molecule has 1 fully saturated rings. The first-order chi connectivity index (χ1) is 15.2. The molecule has 1 heterocycles. The second-order valence-electron chi connectivity index (χ2n) is 7.45. The van der Waals surface area contributed by atoms with Crippen molar-refractivity contribution in [2.75, 3.05) is 18.5 Å². The fourth-order valence-electron chi connectivity index (χ4n) is 3.25. The molecular formula is C23H23N3O6. The molecule has 2 N–H and O–H groups in total. The van der Waals surface area contributed by atoms with Crippen LogP contribution in [0.15, 0.2) is 48.5 Å². The molecule has 1 atom stereocenters. The summed E-state index contributed by atoms with van der Waals surface area (Å²) in [7, 11) is 0. The molecule has 0 saturated carbocycles. The van der Waals surface area contributed by atoms with E-state index >= 15 is 0 Å². The van der Waals surface area contributed by atoms with Crippen LogP contribution in [0.5, 0.6) is 0 Å². The Morgan fingerprint density at radius 1 is 1.09 bits per heavy atom. The van der Waals surface area contributed by atoms with Gasteiger partial charge in [-0.2, -0.15) is 0 Å². The molecule has 1 aliphatic rings. The molecule has 9 nitrogen and oxygen atoms in total. The lowest BCUT2D eigenvalue weighted by Crippen LogP contribution is -2.43. The number of nitrogens with zero attached hydrogens (tertiary/aromatic N) is 1. The molecule has 0 spiro atoms. The summed E-state index contributed by atoms with van der Waals surface area (Å²) >= 11 is 0. The molecule has 9 heteroatoms. The Morgan fingerprint density at radius 2 is 1.84 bits per heavy atom. The van der Waals surface area contributed by atoms with E-state index in [1.165, 1.54) is 13.0 Å². The number of anilines is 1. The second-order valence-corrected chi connectivity index (χ2v) is 7.45. The number of carbonyl (C=O) groups is 5.